The number of halogens is 2. The molecule has 0 radical (unpaired) electrons. The lowest BCUT2D eigenvalue weighted by Gasteiger charge is -2.08. The van der Waals surface area contributed by atoms with Gasteiger partial charge in [-0.2, -0.15) is 0 Å². The summed E-state index contributed by atoms with van der Waals surface area (Å²) in [4.78, 5) is 12.3. The second-order valence-electron chi connectivity index (χ2n) is 4.51. The van der Waals surface area contributed by atoms with Crippen LogP contribution in [0.1, 0.15) is 23.0 Å². The van der Waals surface area contributed by atoms with E-state index in [0.717, 1.165) is 23.2 Å². The van der Waals surface area contributed by atoms with Crippen LogP contribution in [0, 0.1) is 0 Å². The van der Waals surface area contributed by atoms with E-state index in [4.69, 9.17) is 0 Å². The zero-order chi connectivity index (χ0) is 14.5. The average Bonchev–Trinajstić information content (AvgIpc) is 2.82. The second kappa shape index (κ2) is 8.22. The van der Waals surface area contributed by atoms with Crippen LogP contribution >= 0.6 is 28.3 Å². The third kappa shape index (κ3) is 4.59. The molecule has 0 bridgehead atoms. The number of aryl methyl sites for hydroxylation is 1. The summed E-state index contributed by atoms with van der Waals surface area (Å²) in [5.74, 6) is -0.0982. The Morgan fingerprint density at radius 1 is 1.29 bits per heavy atom. The first-order valence-corrected chi connectivity index (χ1v) is 7.34. The zero-order valence-corrected chi connectivity index (χ0v) is 14.4. The minimum atomic E-state index is -0.0982. The summed E-state index contributed by atoms with van der Waals surface area (Å²) in [6.45, 7) is 3.59. The number of rotatable bonds is 5. The Balaban J connectivity index is 0.00000220. The van der Waals surface area contributed by atoms with Crippen LogP contribution in [0.2, 0.25) is 0 Å². The molecule has 0 fully saturated rings. The van der Waals surface area contributed by atoms with E-state index in [0.29, 0.717) is 5.69 Å². The van der Waals surface area contributed by atoms with Crippen LogP contribution in [0.5, 0.6) is 0 Å². The van der Waals surface area contributed by atoms with Crippen molar-refractivity contribution in [2.75, 3.05) is 12.4 Å². The number of benzene rings is 1. The van der Waals surface area contributed by atoms with E-state index in [1.807, 2.05) is 55.1 Å². The third-order valence-corrected chi connectivity index (χ3v) is 3.46. The molecule has 0 aliphatic rings. The first-order valence-electron chi connectivity index (χ1n) is 6.54. The molecular weight excluding hydrogens is 354 g/mol. The molecule has 6 heteroatoms. The molecule has 0 saturated heterocycles. The molecule has 0 unspecified atom stereocenters. The number of hydrogen-bond donors (Lipinski definition) is 2. The highest BCUT2D eigenvalue weighted by molar-refractivity contribution is 9.10. The number of anilines is 1. The summed E-state index contributed by atoms with van der Waals surface area (Å²) in [6, 6.07) is 9.66. The molecule has 1 amide bonds. The van der Waals surface area contributed by atoms with Gasteiger partial charge in [0.05, 0.1) is 0 Å². The molecule has 2 aromatic rings. The van der Waals surface area contributed by atoms with Gasteiger partial charge in [-0.25, -0.2) is 0 Å². The predicted molar refractivity (Wildman–Crippen MR) is 92.2 cm³/mol. The molecule has 21 heavy (non-hydrogen) atoms. The SMILES string of the molecule is CCn1cc(Br)cc1C(=O)Nc1ccc(CNC)cc1.Cl. The van der Waals surface area contributed by atoms with Gasteiger partial charge in [0.1, 0.15) is 5.69 Å². The lowest BCUT2D eigenvalue weighted by atomic mass is 10.2. The minimum Gasteiger partial charge on any atom is -0.343 e. The van der Waals surface area contributed by atoms with Crippen molar-refractivity contribution >= 4 is 39.9 Å². The van der Waals surface area contributed by atoms with Gasteiger partial charge in [0.2, 0.25) is 0 Å². The van der Waals surface area contributed by atoms with E-state index in [-0.39, 0.29) is 18.3 Å². The van der Waals surface area contributed by atoms with Gasteiger partial charge in [0.15, 0.2) is 0 Å². The molecule has 1 aromatic heterocycles. The van der Waals surface area contributed by atoms with Gasteiger partial charge >= 0.3 is 0 Å². The van der Waals surface area contributed by atoms with Crippen molar-refractivity contribution in [3.63, 3.8) is 0 Å². The number of nitrogens with zero attached hydrogens (tertiary/aromatic N) is 1. The molecule has 0 spiro atoms. The molecule has 1 heterocycles. The molecule has 114 valence electrons. The van der Waals surface area contributed by atoms with Gasteiger partial charge in [-0.3, -0.25) is 4.79 Å². The smallest absolute Gasteiger partial charge is 0.272 e. The number of carbonyl (C=O) groups excluding carboxylic acids is 1. The van der Waals surface area contributed by atoms with E-state index in [9.17, 15) is 4.79 Å². The van der Waals surface area contributed by atoms with E-state index < -0.39 is 0 Å². The van der Waals surface area contributed by atoms with Crippen LogP contribution in [0.25, 0.3) is 0 Å². The van der Waals surface area contributed by atoms with Crippen molar-refractivity contribution < 1.29 is 4.79 Å². The van der Waals surface area contributed by atoms with Gasteiger partial charge < -0.3 is 15.2 Å². The van der Waals surface area contributed by atoms with E-state index >= 15 is 0 Å². The Hall–Kier alpha value is -1.30. The van der Waals surface area contributed by atoms with Gasteiger partial charge in [-0.15, -0.1) is 12.4 Å². The standard InChI is InChI=1S/C15H18BrN3O.ClH/c1-3-19-10-12(16)8-14(19)15(20)18-13-6-4-11(5-7-13)9-17-2;/h4-8,10,17H,3,9H2,1-2H3,(H,18,20);1H. The van der Waals surface area contributed by atoms with Gasteiger partial charge in [0.25, 0.3) is 5.91 Å². The summed E-state index contributed by atoms with van der Waals surface area (Å²) in [5.41, 5.74) is 2.64. The van der Waals surface area contributed by atoms with Gasteiger partial charge in [-0.1, -0.05) is 12.1 Å². The lowest BCUT2D eigenvalue weighted by Crippen LogP contribution is -2.16. The normalized spacial score (nSPS) is 10.0. The fraction of sp³-hybridized carbons (Fsp3) is 0.267. The highest BCUT2D eigenvalue weighted by Gasteiger charge is 2.12. The maximum absolute atomic E-state index is 12.3. The number of amides is 1. The van der Waals surface area contributed by atoms with Crippen LogP contribution in [0.15, 0.2) is 41.0 Å². The first-order chi connectivity index (χ1) is 9.63. The molecule has 0 aliphatic heterocycles. The van der Waals surface area contributed by atoms with Crippen molar-refractivity contribution in [2.24, 2.45) is 0 Å². The highest BCUT2D eigenvalue weighted by atomic mass is 79.9. The minimum absolute atomic E-state index is 0. The maximum Gasteiger partial charge on any atom is 0.272 e. The van der Waals surface area contributed by atoms with Gasteiger partial charge in [-0.05, 0) is 53.7 Å². The van der Waals surface area contributed by atoms with Crippen molar-refractivity contribution in [1.82, 2.24) is 9.88 Å². The number of aromatic nitrogens is 1. The third-order valence-electron chi connectivity index (χ3n) is 3.03. The first kappa shape index (κ1) is 17.8. The molecular formula is C15H19BrClN3O. The lowest BCUT2D eigenvalue weighted by molar-refractivity contribution is 0.101. The summed E-state index contributed by atoms with van der Waals surface area (Å²) in [5, 5.41) is 6.01. The molecule has 0 saturated carbocycles. The van der Waals surface area contributed by atoms with Crippen LogP contribution in [-0.4, -0.2) is 17.5 Å². The summed E-state index contributed by atoms with van der Waals surface area (Å²) in [7, 11) is 1.91. The summed E-state index contributed by atoms with van der Waals surface area (Å²) >= 11 is 3.40. The quantitative estimate of drug-likeness (QED) is 0.841. The molecule has 0 aliphatic carbocycles. The average molecular weight is 373 g/mol. The summed E-state index contributed by atoms with van der Waals surface area (Å²) in [6.07, 6.45) is 1.91. The largest absolute Gasteiger partial charge is 0.343 e. The monoisotopic (exact) mass is 371 g/mol. The van der Waals surface area contributed by atoms with E-state index in [1.54, 1.807) is 0 Å². The van der Waals surface area contributed by atoms with Crippen LogP contribution in [0.3, 0.4) is 0 Å². The van der Waals surface area contributed by atoms with Crippen LogP contribution < -0.4 is 10.6 Å². The molecule has 2 N–H and O–H groups in total. The Kier molecular flexibility index (Phi) is 6.95. The topological polar surface area (TPSA) is 46.1 Å². The predicted octanol–water partition coefficient (Wildman–Crippen LogP) is 3.66. The summed E-state index contributed by atoms with van der Waals surface area (Å²) < 4.78 is 2.82. The van der Waals surface area contributed by atoms with Gasteiger partial charge in [0, 0.05) is 29.4 Å². The van der Waals surface area contributed by atoms with Crippen molar-refractivity contribution in [2.45, 2.75) is 20.0 Å². The van der Waals surface area contributed by atoms with E-state index in [2.05, 4.69) is 26.6 Å². The molecule has 4 nitrogen and oxygen atoms in total. The Labute approximate surface area is 139 Å². The van der Waals surface area contributed by atoms with Crippen LogP contribution in [-0.2, 0) is 13.1 Å². The van der Waals surface area contributed by atoms with Crippen molar-refractivity contribution in [3.8, 4) is 0 Å². The Bertz CT molecular complexity index is 595. The fourth-order valence-corrected chi connectivity index (χ4v) is 2.50. The highest BCUT2D eigenvalue weighted by Crippen LogP contribution is 2.17. The molecule has 2 rings (SSSR count). The number of hydrogen-bond acceptors (Lipinski definition) is 2. The van der Waals surface area contributed by atoms with Crippen LogP contribution in [0.4, 0.5) is 5.69 Å². The van der Waals surface area contributed by atoms with E-state index in [1.165, 1.54) is 5.56 Å². The Morgan fingerprint density at radius 2 is 1.95 bits per heavy atom. The Morgan fingerprint density at radius 3 is 2.52 bits per heavy atom. The number of carbonyl (C=O) groups is 1. The molecule has 0 atom stereocenters. The zero-order valence-electron chi connectivity index (χ0n) is 12.0. The fourth-order valence-electron chi connectivity index (χ4n) is 2.03. The van der Waals surface area contributed by atoms with Crippen molar-refractivity contribution in [3.05, 3.63) is 52.3 Å². The number of nitrogens with one attached hydrogen (secondary N) is 2. The molecule has 1 aromatic carbocycles. The maximum atomic E-state index is 12.3. The van der Waals surface area contributed by atoms with Crippen molar-refractivity contribution in [1.29, 1.82) is 0 Å². The second-order valence-corrected chi connectivity index (χ2v) is 5.43.